The van der Waals surface area contributed by atoms with Crippen LogP contribution in [0, 0.1) is 11.8 Å². The van der Waals surface area contributed by atoms with Gasteiger partial charge < -0.3 is 15.1 Å². The number of rotatable bonds is 5. The number of nitrogens with zero attached hydrogens (tertiary/aromatic N) is 2. The third kappa shape index (κ3) is 5.64. The molecule has 2 aliphatic rings. The molecule has 2 atom stereocenters. The number of amides is 2. The molecule has 5 nitrogen and oxygen atoms in total. The fourth-order valence-corrected chi connectivity index (χ4v) is 4.27. The van der Waals surface area contributed by atoms with Gasteiger partial charge in [-0.05, 0) is 25.0 Å². The van der Waals surface area contributed by atoms with Gasteiger partial charge in [-0.2, -0.15) is 13.2 Å². The van der Waals surface area contributed by atoms with Gasteiger partial charge in [-0.25, -0.2) is 0 Å². The molecular formula is C21H28F3N3O2. The second kappa shape index (κ2) is 9.50. The van der Waals surface area contributed by atoms with Crippen molar-refractivity contribution in [2.45, 2.75) is 38.3 Å². The summed E-state index contributed by atoms with van der Waals surface area (Å²) in [5, 5.41) is 2.56. The number of benzene rings is 1. The summed E-state index contributed by atoms with van der Waals surface area (Å²) in [7, 11) is 0. The molecule has 1 aromatic rings. The summed E-state index contributed by atoms with van der Waals surface area (Å²) in [4.78, 5) is 28.6. The maximum atomic E-state index is 13.2. The highest BCUT2D eigenvalue weighted by molar-refractivity contribution is 5.81. The maximum Gasteiger partial charge on any atom is 0.392 e. The Hall–Kier alpha value is -2.25. The number of hydrogen-bond acceptors (Lipinski definition) is 3. The first-order valence-corrected chi connectivity index (χ1v) is 10.3. The van der Waals surface area contributed by atoms with Crippen LogP contribution in [0.3, 0.4) is 0 Å². The number of para-hydroxylation sites is 1. The van der Waals surface area contributed by atoms with Crippen LogP contribution < -0.4 is 10.2 Å². The number of anilines is 1. The van der Waals surface area contributed by atoms with Crippen LogP contribution in [0.25, 0.3) is 0 Å². The highest BCUT2D eigenvalue weighted by Gasteiger charge is 2.47. The molecule has 1 heterocycles. The number of piperazine rings is 1. The standard InChI is InChI=1S/C21H28F3N3O2/c22-21(23,24)18-9-5-4-8-17(18)20(29)25-11-10-19(28)27-14-12-26(13-15-27)16-6-2-1-3-7-16/h1-3,6-7,17-18H,4-5,8-15H2,(H,25,29). The highest BCUT2D eigenvalue weighted by atomic mass is 19.4. The molecule has 0 radical (unpaired) electrons. The molecule has 1 aliphatic carbocycles. The second-order valence-electron chi connectivity index (χ2n) is 7.78. The first-order valence-electron chi connectivity index (χ1n) is 10.3. The van der Waals surface area contributed by atoms with Gasteiger partial charge in [0.1, 0.15) is 0 Å². The normalized spacial score (nSPS) is 23.0. The van der Waals surface area contributed by atoms with E-state index in [0.717, 1.165) is 18.8 Å². The molecule has 160 valence electrons. The van der Waals surface area contributed by atoms with E-state index in [2.05, 4.69) is 10.2 Å². The van der Waals surface area contributed by atoms with E-state index in [1.807, 2.05) is 30.3 Å². The zero-order chi connectivity index (χ0) is 20.9. The van der Waals surface area contributed by atoms with Crippen LogP contribution in [0.2, 0.25) is 0 Å². The molecule has 0 bridgehead atoms. The average molecular weight is 411 g/mol. The Morgan fingerprint density at radius 3 is 2.31 bits per heavy atom. The molecule has 1 N–H and O–H groups in total. The first-order chi connectivity index (χ1) is 13.9. The number of carbonyl (C=O) groups excluding carboxylic acids is 2. The highest BCUT2D eigenvalue weighted by Crippen LogP contribution is 2.41. The van der Waals surface area contributed by atoms with E-state index < -0.39 is 23.9 Å². The summed E-state index contributed by atoms with van der Waals surface area (Å²) in [5.74, 6) is -3.26. The third-order valence-corrected chi connectivity index (χ3v) is 5.91. The smallest absolute Gasteiger partial charge is 0.368 e. The van der Waals surface area contributed by atoms with Crippen molar-refractivity contribution in [3.05, 3.63) is 30.3 Å². The number of alkyl halides is 3. The van der Waals surface area contributed by atoms with Crippen molar-refractivity contribution in [3.63, 3.8) is 0 Å². The minimum absolute atomic E-state index is 0.00616. The van der Waals surface area contributed by atoms with Gasteiger partial charge in [0.2, 0.25) is 11.8 Å². The monoisotopic (exact) mass is 411 g/mol. The quantitative estimate of drug-likeness (QED) is 0.810. The molecule has 3 rings (SSSR count). The molecule has 1 aromatic carbocycles. The summed E-state index contributed by atoms with van der Waals surface area (Å²) in [6, 6.07) is 9.98. The Morgan fingerprint density at radius 2 is 1.66 bits per heavy atom. The zero-order valence-electron chi connectivity index (χ0n) is 16.5. The molecule has 1 aliphatic heterocycles. The number of halogens is 3. The van der Waals surface area contributed by atoms with E-state index in [4.69, 9.17) is 0 Å². The maximum absolute atomic E-state index is 13.2. The van der Waals surface area contributed by atoms with Gasteiger partial charge in [0.05, 0.1) is 5.92 Å². The third-order valence-electron chi connectivity index (χ3n) is 5.91. The van der Waals surface area contributed by atoms with Gasteiger partial charge in [-0.1, -0.05) is 31.0 Å². The number of hydrogen-bond donors (Lipinski definition) is 1. The molecule has 2 unspecified atom stereocenters. The van der Waals surface area contributed by atoms with Gasteiger partial charge in [-0.15, -0.1) is 0 Å². The minimum Gasteiger partial charge on any atom is -0.368 e. The van der Waals surface area contributed by atoms with Crippen LogP contribution >= 0.6 is 0 Å². The van der Waals surface area contributed by atoms with Crippen molar-refractivity contribution >= 4 is 17.5 Å². The molecule has 0 aromatic heterocycles. The Labute approximate surface area is 169 Å². The molecule has 2 fully saturated rings. The summed E-state index contributed by atoms with van der Waals surface area (Å²) >= 11 is 0. The van der Waals surface area contributed by atoms with E-state index >= 15 is 0 Å². The number of carbonyl (C=O) groups is 2. The SMILES string of the molecule is O=C(NCCC(=O)N1CCN(c2ccccc2)CC1)C1CCCCC1C(F)(F)F. The predicted octanol–water partition coefficient (Wildman–Crippen LogP) is 3.21. The lowest BCUT2D eigenvalue weighted by Crippen LogP contribution is -2.49. The van der Waals surface area contributed by atoms with Crippen LogP contribution in [0.4, 0.5) is 18.9 Å². The van der Waals surface area contributed by atoms with Crippen LogP contribution in [0.1, 0.15) is 32.1 Å². The summed E-state index contributed by atoms with van der Waals surface area (Å²) in [6.45, 7) is 2.74. The Morgan fingerprint density at radius 1 is 1.00 bits per heavy atom. The Bertz CT molecular complexity index is 688. The van der Waals surface area contributed by atoms with Crippen molar-refractivity contribution in [1.29, 1.82) is 0 Å². The summed E-state index contributed by atoms with van der Waals surface area (Å²) in [5.41, 5.74) is 1.12. The van der Waals surface area contributed by atoms with E-state index in [0.29, 0.717) is 25.9 Å². The fourth-order valence-electron chi connectivity index (χ4n) is 4.27. The molecule has 29 heavy (non-hydrogen) atoms. The van der Waals surface area contributed by atoms with Gasteiger partial charge in [0.15, 0.2) is 0 Å². The van der Waals surface area contributed by atoms with E-state index in [-0.39, 0.29) is 31.7 Å². The Balaban J connectivity index is 1.41. The van der Waals surface area contributed by atoms with Crippen LogP contribution in [-0.4, -0.2) is 55.6 Å². The van der Waals surface area contributed by atoms with Gasteiger partial charge in [0.25, 0.3) is 0 Å². The minimum atomic E-state index is -4.35. The second-order valence-corrected chi connectivity index (χ2v) is 7.78. The van der Waals surface area contributed by atoms with Gasteiger partial charge in [-0.3, -0.25) is 9.59 Å². The molecule has 8 heteroatoms. The lowest BCUT2D eigenvalue weighted by Gasteiger charge is -2.36. The predicted molar refractivity (Wildman–Crippen MR) is 104 cm³/mol. The average Bonchev–Trinajstić information content (AvgIpc) is 2.73. The van der Waals surface area contributed by atoms with Crippen molar-refractivity contribution in [2.24, 2.45) is 11.8 Å². The van der Waals surface area contributed by atoms with E-state index in [1.54, 1.807) is 4.90 Å². The van der Waals surface area contributed by atoms with Crippen LogP contribution in [-0.2, 0) is 9.59 Å². The van der Waals surface area contributed by atoms with Crippen molar-refractivity contribution < 1.29 is 22.8 Å². The van der Waals surface area contributed by atoms with Gasteiger partial charge in [0, 0.05) is 50.7 Å². The largest absolute Gasteiger partial charge is 0.392 e. The number of nitrogens with one attached hydrogen (secondary N) is 1. The molecule has 0 spiro atoms. The van der Waals surface area contributed by atoms with Crippen molar-refractivity contribution in [2.75, 3.05) is 37.6 Å². The van der Waals surface area contributed by atoms with Crippen LogP contribution in [0.5, 0.6) is 0 Å². The molecule has 1 saturated carbocycles. The van der Waals surface area contributed by atoms with Crippen LogP contribution in [0.15, 0.2) is 30.3 Å². The lowest BCUT2D eigenvalue weighted by atomic mass is 9.78. The molecule has 2 amide bonds. The summed E-state index contributed by atoms with van der Waals surface area (Å²) in [6.07, 6.45) is -2.84. The molecular weight excluding hydrogens is 383 g/mol. The van der Waals surface area contributed by atoms with E-state index in [1.165, 1.54) is 0 Å². The first kappa shape index (κ1) is 21.5. The molecule has 1 saturated heterocycles. The lowest BCUT2D eigenvalue weighted by molar-refractivity contribution is -0.198. The Kier molecular flexibility index (Phi) is 7.03. The fraction of sp³-hybridized carbons (Fsp3) is 0.619. The van der Waals surface area contributed by atoms with E-state index in [9.17, 15) is 22.8 Å². The van der Waals surface area contributed by atoms with Gasteiger partial charge >= 0.3 is 6.18 Å². The van der Waals surface area contributed by atoms with Crippen molar-refractivity contribution in [3.8, 4) is 0 Å². The topological polar surface area (TPSA) is 52.7 Å². The van der Waals surface area contributed by atoms with Crippen molar-refractivity contribution in [1.82, 2.24) is 10.2 Å². The zero-order valence-corrected chi connectivity index (χ0v) is 16.5. The summed E-state index contributed by atoms with van der Waals surface area (Å²) < 4.78 is 39.5.